The van der Waals surface area contributed by atoms with Gasteiger partial charge in [0, 0.05) is 21.9 Å². The standard InChI is InChI=1S/C25H28N4O/c1-24(2,3)20-10-13-9-15-16(19-8-7-18(15)30-19)11-14(13)21-27-17-12-26-23(25(4,5)6)28-22(17)29(20)21/h9-12,18-19H,7-8H2,1-6H3. The molecule has 1 fully saturated rings. The lowest BCUT2D eigenvalue weighted by Crippen LogP contribution is -2.18. The first-order chi connectivity index (χ1) is 14.1. The third kappa shape index (κ3) is 2.41. The van der Waals surface area contributed by atoms with E-state index in [4.69, 9.17) is 14.7 Å². The molecule has 5 nitrogen and oxygen atoms in total. The molecule has 2 aliphatic rings. The van der Waals surface area contributed by atoms with Crippen molar-refractivity contribution in [1.82, 2.24) is 19.4 Å². The Balaban J connectivity index is 1.76. The van der Waals surface area contributed by atoms with Gasteiger partial charge in [0.25, 0.3) is 0 Å². The van der Waals surface area contributed by atoms with Gasteiger partial charge in [-0.3, -0.25) is 4.40 Å². The van der Waals surface area contributed by atoms with Gasteiger partial charge in [0.2, 0.25) is 0 Å². The zero-order valence-corrected chi connectivity index (χ0v) is 18.6. The highest BCUT2D eigenvalue weighted by molar-refractivity contribution is 5.99. The van der Waals surface area contributed by atoms with Crippen LogP contribution in [0.3, 0.4) is 0 Å². The molecule has 0 saturated carbocycles. The van der Waals surface area contributed by atoms with Crippen LogP contribution in [0.1, 0.15) is 89.2 Å². The molecule has 0 aliphatic carbocycles. The second-order valence-corrected chi connectivity index (χ2v) is 11.0. The number of ether oxygens (including phenoxy) is 1. The number of fused-ring (bicyclic) bond motifs is 10. The molecule has 4 aromatic rings. The summed E-state index contributed by atoms with van der Waals surface area (Å²) in [7, 11) is 0. The van der Waals surface area contributed by atoms with Crippen LogP contribution in [0.25, 0.3) is 27.6 Å². The number of hydrogen-bond donors (Lipinski definition) is 0. The van der Waals surface area contributed by atoms with Gasteiger partial charge in [0.1, 0.15) is 17.0 Å². The third-order valence-corrected chi connectivity index (χ3v) is 6.58. The van der Waals surface area contributed by atoms with Gasteiger partial charge < -0.3 is 4.74 Å². The summed E-state index contributed by atoms with van der Waals surface area (Å²) in [5.74, 6) is 0.844. The van der Waals surface area contributed by atoms with Crippen LogP contribution in [-0.2, 0) is 15.6 Å². The van der Waals surface area contributed by atoms with E-state index in [0.29, 0.717) is 0 Å². The molecule has 2 atom stereocenters. The predicted octanol–water partition coefficient (Wildman–Crippen LogP) is 5.93. The fourth-order valence-electron chi connectivity index (χ4n) is 5.02. The smallest absolute Gasteiger partial charge is 0.168 e. The summed E-state index contributed by atoms with van der Waals surface area (Å²) in [6, 6.07) is 6.99. The van der Waals surface area contributed by atoms with E-state index in [9.17, 15) is 0 Å². The number of hydrogen-bond acceptors (Lipinski definition) is 4. The Morgan fingerprint density at radius 1 is 0.867 bits per heavy atom. The normalized spacial score (nSPS) is 21.3. The van der Waals surface area contributed by atoms with E-state index in [-0.39, 0.29) is 23.0 Å². The minimum Gasteiger partial charge on any atom is -0.366 e. The van der Waals surface area contributed by atoms with Gasteiger partial charge in [-0.1, -0.05) is 41.5 Å². The molecule has 30 heavy (non-hydrogen) atoms. The zero-order valence-electron chi connectivity index (χ0n) is 18.6. The molecule has 0 amide bonds. The highest BCUT2D eigenvalue weighted by Gasteiger charge is 2.38. The largest absolute Gasteiger partial charge is 0.366 e. The van der Waals surface area contributed by atoms with Gasteiger partial charge in [-0.15, -0.1) is 0 Å². The lowest BCUT2D eigenvalue weighted by Gasteiger charge is -2.23. The molecule has 6 rings (SSSR count). The van der Waals surface area contributed by atoms with Crippen LogP contribution < -0.4 is 0 Å². The Morgan fingerprint density at radius 2 is 1.57 bits per heavy atom. The molecule has 3 aromatic heterocycles. The van der Waals surface area contributed by atoms with E-state index < -0.39 is 0 Å². The molecule has 2 aliphatic heterocycles. The van der Waals surface area contributed by atoms with Crippen molar-refractivity contribution in [3.05, 3.63) is 47.0 Å². The van der Waals surface area contributed by atoms with Gasteiger partial charge in [-0.25, -0.2) is 15.0 Å². The van der Waals surface area contributed by atoms with Crippen molar-refractivity contribution in [3.8, 4) is 0 Å². The van der Waals surface area contributed by atoms with E-state index >= 15 is 0 Å². The maximum atomic E-state index is 6.19. The van der Waals surface area contributed by atoms with Crippen LogP contribution in [-0.4, -0.2) is 19.4 Å². The second-order valence-electron chi connectivity index (χ2n) is 11.0. The summed E-state index contributed by atoms with van der Waals surface area (Å²) in [6.45, 7) is 13.2. The quantitative estimate of drug-likeness (QED) is 0.367. The van der Waals surface area contributed by atoms with Crippen LogP contribution in [0.4, 0.5) is 0 Å². The summed E-state index contributed by atoms with van der Waals surface area (Å²) < 4.78 is 8.45. The highest BCUT2D eigenvalue weighted by Crippen LogP contribution is 2.52. The molecule has 154 valence electrons. The van der Waals surface area contributed by atoms with Crippen LogP contribution in [0.2, 0.25) is 0 Å². The van der Waals surface area contributed by atoms with Crippen molar-refractivity contribution in [2.24, 2.45) is 0 Å². The van der Waals surface area contributed by atoms with E-state index in [1.54, 1.807) is 0 Å². The Labute approximate surface area is 176 Å². The minimum atomic E-state index is -0.117. The Kier molecular flexibility index (Phi) is 3.40. The van der Waals surface area contributed by atoms with Crippen LogP contribution in [0, 0.1) is 0 Å². The third-order valence-electron chi connectivity index (χ3n) is 6.58. The summed E-state index contributed by atoms with van der Waals surface area (Å²) in [4.78, 5) is 14.6. The summed E-state index contributed by atoms with van der Waals surface area (Å²) >= 11 is 0. The van der Waals surface area contributed by atoms with Crippen LogP contribution in [0.15, 0.2) is 24.4 Å². The highest BCUT2D eigenvalue weighted by atomic mass is 16.5. The molecule has 1 aromatic carbocycles. The van der Waals surface area contributed by atoms with Gasteiger partial charge >= 0.3 is 0 Å². The average molecular weight is 401 g/mol. The summed E-state index contributed by atoms with van der Waals surface area (Å²) in [5, 5.41) is 2.41. The fourth-order valence-corrected chi connectivity index (χ4v) is 5.02. The maximum absolute atomic E-state index is 6.19. The van der Waals surface area contributed by atoms with Crippen molar-refractivity contribution in [3.63, 3.8) is 0 Å². The van der Waals surface area contributed by atoms with E-state index in [0.717, 1.165) is 35.5 Å². The maximum Gasteiger partial charge on any atom is 0.168 e. The van der Waals surface area contributed by atoms with Crippen LogP contribution >= 0.6 is 0 Å². The first-order valence-electron chi connectivity index (χ1n) is 10.9. The number of aromatic nitrogens is 4. The number of nitrogens with zero attached hydrogens (tertiary/aromatic N) is 4. The lowest BCUT2D eigenvalue weighted by molar-refractivity contribution is 0.0717. The summed E-state index contributed by atoms with van der Waals surface area (Å²) in [5.41, 5.74) is 6.48. The Hall–Kier alpha value is -2.53. The zero-order chi connectivity index (χ0) is 21.0. The Bertz CT molecular complexity index is 1350. The van der Waals surface area contributed by atoms with Gasteiger partial charge in [0.15, 0.2) is 5.65 Å². The SMILES string of the molecule is CC(C)(C)c1ncc2nc3c4cc5c(cc4cc(C(C)(C)C)n3c2n1)C1CCC5O1. The lowest BCUT2D eigenvalue weighted by atomic mass is 9.87. The molecule has 0 radical (unpaired) electrons. The molecular formula is C25H28N4O. The van der Waals surface area contributed by atoms with E-state index in [1.165, 1.54) is 27.6 Å². The predicted molar refractivity (Wildman–Crippen MR) is 119 cm³/mol. The number of imidazole rings is 1. The van der Waals surface area contributed by atoms with E-state index in [2.05, 4.69) is 69.1 Å². The minimum absolute atomic E-state index is 0.0541. The molecule has 2 bridgehead atoms. The number of benzene rings is 1. The first kappa shape index (κ1) is 18.3. The molecule has 2 unspecified atom stereocenters. The fraction of sp³-hybridized carbons (Fsp3) is 0.480. The first-order valence-corrected chi connectivity index (χ1v) is 10.9. The van der Waals surface area contributed by atoms with Crippen molar-refractivity contribution in [2.45, 2.75) is 77.4 Å². The molecule has 0 spiro atoms. The summed E-state index contributed by atoms with van der Waals surface area (Å²) in [6.07, 6.45) is 4.65. The van der Waals surface area contributed by atoms with Crippen LogP contribution in [0.5, 0.6) is 0 Å². The monoisotopic (exact) mass is 400 g/mol. The average Bonchev–Trinajstić information content (AvgIpc) is 3.37. The van der Waals surface area contributed by atoms with E-state index in [1.807, 2.05) is 6.20 Å². The molecule has 5 heterocycles. The van der Waals surface area contributed by atoms with Crippen molar-refractivity contribution in [2.75, 3.05) is 0 Å². The van der Waals surface area contributed by atoms with Gasteiger partial charge in [-0.05, 0) is 47.6 Å². The second kappa shape index (κ2) is 5.58. The van der Waals surface area contributed by atoms with Gasteiger partial charge in [-0.2, -0.15) is 0 Å². The molecular weight excluding hydrogens is 372 g/mol. The number of rotatable bonds is 0. The number of pyridine rings is 1. The molecule has 1 saturated heterocycles. The molecule has 0 N–H and O–H groups in total. The van der Waals surface area contributed by atoms with Gasteiger partial charge in [0.05, 0.1) is 18.4 Å². The topological polar surface area (TPSA) is 52.3 Å². The molecule has 5 heteroatoms. The van der Waals surface area contributed by atoms with Crippen molar-refractivity contribution < 1.29 is 4.74 Å². The Morgan fingerprint density at radius 3 is 2.23 bits per heavy atom. The van der Waals surface area contributed by atoms with Crippen molar-refractivity contribution in [1.29, 1.82) is 0 Å². The van der Waals surface area contributed by atoms with Crippen molar-refractivity contribution >= 4 is 27.6 Å².